The number of hydrogen-bond donors (Lipinski definition) is 0. The molecule has 0 saturated heterocycles. The van der Waals surface area contributed by atoms with Gasteiger partial charge in [-0.05, 0) is 105 Å². The van der Waals surface area contributed by atoms with Gasteiger partial charge in [-0.25, -0.2) is 0 Å². The molecule has 0 aliphatic rings. The standard InChI is InChI=1S/C58H37NO2/c1-3-14-39(15-4-1)46-32-28-43(34-51(46)40-16-5-2-6-17-40)38-26-29-44(30-27-38)59(45-31-33-56-53(37-45)48-21-10-12-25-55(48)60-56)54-24-11-9-20-47(54)49-22-13-23-50-52-35-41-18-7-8-19-42(41)36-57(52)61-58(49)50/h1-37H. The largest absolute Gasteiger partial charge is 0.456 e. The van der Waals surface area contributed by atoms with Crippen molar-refractivity contribution in [1.82, 2.24) is 0 Å². The SMILES string of the molecule is c1ccc(-c2ccc(-c3ccc(N(c4ccc5oc6ccccc6c5c4)c4ccccc4-c4cccc5c4oc4cc6ccccc6cc45)cc3)cc2-c2ccccc2)cc1. The number of fused-ring (bicyclic) bond motifs is 7. The van der Waals surface area contributed by atoms with E-state index in [4.69, 9.17) is 8.83 Å². The number of nitrogens with zero attached hydrogens (tertiary/aromatic N) is 1. The summed E-state index contributed by atoms with van der Waals surface area (Å²) in [5.74, 6) is 0. The van der Waals surface area contributed by atoms with Gasteiger partial charge in [-0.3, -0.25) is 0 Å². The Morgan fingerprint density at radius 1 is 0.279 bits per heavy atom. The highest BCUT2D eigenvalue weighted by Gasteiger charge is 2.22. The molecule has 0 N–H and O–H groups in total. The molecule has 12 rings (SSSR count). The van der Waals surface area contributed by atoms with Gasteiger partial charge in [-0.2, -0.15) is 0 Å². The normalized spacial score (nSPS) is 11.6. The molecule has 0 bridgehead atoms. The van der Waals surface area contributed by atoms with Gasteiger partial charge in [-0.1, -0.05) is 164 Å². The number of rotatable bonds is 7. The minimum absolute atomic E-state index is 0.862. The van der Waals surface area contributed by atoms with Crippen LogP contribution in [0.5, 0.6) is 0 Å². The molecule has 0 aliphatic carbocycles. The van der Waals surface area contributed by atoms with Crippen molar-refractivity contribution in [2.75, 3.05) is 4.90 Å². The van der Waals surface area contributed by atoms with Gasteiger partial charge >= 0.3 is 0 Å². The second-order valence-electron chi connectivity index (χ2n) is 15.7. The second-order valence-corrected chi connectivity index (χ2v) is 15.7. The van der Waals surface area contributed by atoms with E-state index < -0.39 is 0 Å². The minimum atomic E-state index is 0.862. The maximum Gasteiger partial charge on any atom is 0.143 e. The molecule has 0 radical (unpaired) electrons. The van der Waals surface area contributed by atoms with Gasteiger partial charge in [0.05, 0.1) is 5.69 Å². The molecule has 12 aromatic rings. The molecule has 286 valence electrons. The molecular formula is C58H37NO2. The van der Waals surface area contributed by atoms with E-state index in [9.17, 15) is 0 Å². The Bertz CT molecular complexity index is 3580. The summed E-state index contributed by atoms with van der Waals surface area (Å²) in [4.78, 5) is 2.37. The lowest BCUT2D eigenvalue weighted by molar-refractivity contribution is 0.669. The summed E-state index contributed by atoms with van der Waals surface area (Å²) in [7, 11) is 0. The van der Waals surface area contributed by atoms with Crippen molar-refractivity contribution in [3.63, 3.8) is 0 Å². The highest BCUT2D eigenvalue weighted by atomic mass is 16.3. The first-order valence-corrected chi connectivity index (χ1v) is 20.7. The summed E-state index contributed by atoms with van der Waals surface area (Å²) >= 11 is 0. The molecule has 61 heavy (non-hydrogen) atoms. The number of benzene rings is 10. The smallest absolute Gasteiger partial charge is 0.143 e. The van der Waals surface area contributed by atoms with Crippen LogP contribution in [0.15, 0.2) is 233 Å². The lowest BCUT2D eigenvalue weighted by Crippen LogP contribution is -2.11. The fraction of sp³-hybridized carbons (Fsp3) is 0. The molecule has 2 aromatic heterocycles. The fourth-order valence-corrected chi connectivity index (χ4v) is 9.12. The van der Waals surface area contributed by atoms with E-state index in [2.05, 4.69) is 217 Å². The number of anilines is 3. The monoisotopic (exact) mass is 779 g/mol. The summed E-state index contributed by atoms with van der Waals surface area (Å²) in [6, 6.07) is 80.0. The predicted octanol–water partition coefficient (Wildman–Crippen LogP) is 16.8. The summed E-state index contributed by atoms with van der Waals surface area (Å²) in [6.45, 7) is 0. The van der Waals surface area contributed by atoms with E-state index in [1.807, 2.05) is 12.1 Å². The molecule has 0 unspecified atom stereocenters. The molecule has 10 aromatic carbocycles. The van der Waals surface area contributed by atoms with Gasteiger partial charge in [0.15, 0.2) is 0 Å². The molecule has 3 heteroatoms. The molecule has 0 atom stereocenters. The van der Waals surface area contributed by atoms with Crippen LogP contribution in [0.3, 0.4) is 0 Å². The van der Waals surface area contributed by atoms with Crippen LogP contribution in [0.2, 0.25) is 0 Å². The topological polar surface area (TPSA) is 29.5 Å². The van der Waals surface area contributed by atoms with Gasteiger partial charge in [0.25, 0.3) is 0 Å². The Balaban J connectivity index is 1.02. The molecule has 3 nitrogen and oxygen atoms in total. The van der Waals surface area contributed by atoms with E-state index in [-0.39, 0.29) is 0 Å². The molecule has 0 saturated carbocycles. The Hall–Kier alpha value is -8.14. The van der Waals surface area contributed by atoms with Crippen molar-refractivity contribution in [2.45, 2.75) is 0 Å². The highest BCUT2D eigenvalue weighted by Crippen LogP contribution is 2.46. The van der Waals surface area contributed by atoms with Gasteiger partial charge in [-0.15, -0.1) is 0 Å². The summed E-state index contributed by atoms with van der Waals surface area (Å²) < 4.78 is 13.1. The van der Waals surface area contributed by atoms with E-state index in [1.165, 1.54) is 27.6 Å². The van der Waals surface area contributed by atoms with Crippen molar-refractivity contribution in [1.29, 1.82) is 0 Å². The van der Waals surface area contributed by atoms with E-state index in [1.54, 1.807) is 0 Å². The minimum Gasteiger partial charge on any atom is -0.456 e. The van der Waals surface area contributed by atoms with Crippen LogP contribution in [0, 0.1) is 0 Å². The molecular weight excluding hydrogens is 743 g/mol. The predicted molar refractivity (Wildman–Crippen MR) is 255 cm³/mol. The van der Waals surface area contributed by atoms with Crippen molar-refractivity contribution >= 4 is 71.7 Å². The van der Waals surface area contributed by atoms with E-state index in [0.717, 1.165) is 88.6 Å². The number of hydrogen-bond acceptors (Lipinski definition) is 3. The Morgan fingerprint density at radius 3 is 1.70 bits per heavy atom. The number of furan rings is 2. The van der Waals surface area contributed by atoms with Crippen LogP contribution < -0.4 is 4.90 Å². The Kier molecular flexibility index (Phi) is 8.17. The Labute approximate surface area is 353 Å². The first kappa shape index (κ1) is 34.9. The van der Waals surface area contributed by atoms with Crippen molar-refractivity contribution in [3.05, 3.63) is 224 Å². The Morgan fingerprint density at radius 2 is 0.885 bits per heavy atom. The summed E-state index contributed by atoms with van der Waals surface area (Å²) in [5.41, 5.74) is 15.8. The second kappa shape index (κ2) is 14.3. The van der Waals surface area contributed by atoms with Crippen LogP contribution in [0.1, 0.15) is 0 Å². The third kappa shape index (κ3) is 5.98. The third-order valence-electron chi connectivity index (χ3n) is 12.1. The van der Waals surface area contributed by atoms with Crippen LogP contribution in [-0.4, -0.2) is 0 Å². The highest BCUT2D eigenvalue weighted by molar-refractivity contribution is 6.14. The first-order chi connectivity index (χ1) is 30.2. The van der Waals surface area contributed by atoms with E-state index in [0.29, 0.717) is 0 Å². The van der Waals surface area contributed by atoms with Gasteiger partial charge in [0.1, 0.15) is 22.3 Å². The fourth-order valence-electron chi connectivity index (χ4n) is 9.12. The summed E-state index contributed by atoms with van der Waals surface area (Å²) in [5, 5.41) is 6.74. The van der Waals surface area contributed by atoms with Crippen LogP contribution in [0.4, 0.5) is 17.1 Å². The molecule has 0 fully saturated rings. The maximum atomic E-state index is 6.80. The van der Waals surface area contributed by atoms with E-state index >= 15 is 0 Å². The zero-order valence-corrected chi connectivity index (χ0v) is 33.1. The average Bonchev–Trinajstić information content (AvgIpc) is 3.89. The molecule has 2 heterocycles. The van der Waals surface area contributed by atoms with Crippen molar-refractivity contribution in [3.8, 4) is 44.5 Å². The average molecular weight is 780 g/mol. The molecule has 0 amide bonds. The number of para-hydroxylation sites is 3. The maximum absolute atomic E-state index is 6.80. The zero-order valence-electron chi connectivity index (χ0n) is 33.1. The first-order valence-electron chi connectivity index (χ1n) is 20.7. The van der Waals surface area contributed by atoms with Gasteiger partial charge < -0.3 is 13.7 Å². The van der Waals surface area contributed by atoms with Gasteiger partial charge in [0, 0.05) is 44.0 Å². The quantitative estimate of drug-likeness (QED) is 0.161. The van der Waals surface area contributed by atoms with Crippen molar-refractivity contribution in [2.24, 2.45) is 0 Å². The lowest BCUT2D eigenvalue weighted by atomic mass is 9.91. The lowest BCUT2D eigenvalue weighted by Gasteiger charge is -2.28. The van der Waals surface area contributed by atoms with Crippen LogP contribution >= 0.6 is 0 Å². The zero-order chi connectivity index (χ0) is 40.3. The van der Waals surface area contributed by atoms with Crippen LogP contribution in [0.25, 0.3) is 99.2 Å². The molecule has 0 aliphatic heterocycles. The summed E-state index contributed by atoms with van der Waals surface area (Å²) in [6.07, 6.45) is 0. The van der Waals surface area contributed by atoms with Gasteiger partial charge in [0.2, 0.25) is 0 Å². The molecule has 0 spiro atoms. The van der Waals surface area contributed by atoms with Crippen molar-refractivity contribution < 1.29 is 8.83 Å². The third-order valence-corrected chi connectivity index (χ3v) is 12.1. The van der Waals surface area contributed by atoms with Crippen LogP contribution in [-0.2, 0) is 0 Å².